The van der Waals surface area contributed by atoms with Crippen LogP contribution < -0.4 is 9.64 Å². The quantitative estimate of drug-likeness (QED) is 0.749. The van der Waals surface area contributed by atoms with Gasteiger partial charge in [-0.3, -0.25) is 9.59 Å². The Morgan fingerprint density at radius 2 is 1.93 bits per heavy atom. The number of hydrogen-bond acceptors (Lipinski definition) is 4. The maximum absolute atomic E-state index is 12.7. The number of aryl methyl sites for hydroxylation is 1. The molecule has 7 heteroatoms. The number of carbonyl (C=O) groups excluding carboxylic acids is 2. The number of likely N-dealkylation sites (tertiary alicyclic amines) is 1. The van der Waals surface area contributed by atoms with Crippen LogP contribution in [0.25, 0.3) is 0 Å². The van der Waals surface area contributed by atoms with Crippen LogP contribution in [-0.2, 0) is 9.59 Å². The fourth-order valence-corrected chi connectivity index (χ4v) is 3.76. The molecule has 2 aliphatic heterocycles. The van der Waals surface area contributed by atoms with Gasteiger partial charge in [-0.2, -0.15) is 0 Å². The van der Waals surface area contributed by atoms with E-state index in [2.05, 4.69) is 20.9 Å². The average Bonchev–Trinajstić information content (AvgIpc) is 3.01. The van der Waals surface area contributed by atoms with E-state index in [4.69, 9.17) is 4.74 Å². The predicted octanol–water partition coefficient (Wildman–Crippen LogP) is 2.80. The van der Waals surface area contributed by atoms with Gasteiger partial charge in [0.2, 0.25) is 17.7 Å². The number of ether oxygens (including phenoxy) is 1. The number of rotatable bonds is 4. The Labute approximate surface area is 166 Å². The summed E-state index contributed by atoms with van der Waals surface area (Å²) < 4.78 is 6.61. The molecular formula is C20H20BrN3O3. The minimum atomic E-state index is -0.290. The van der Waals surface area contributed by atoms with E-state index in [0.717, 1.165) is 15.7 Å². The SMILES string of the molecule is Cc1ccc(N2CC(C(=O)N3CC(Oc4ncccc4Br)C3)CC2=O)cc1. The number of anilines is 1. The molecule has 2 amide bonds. The largest absolute Gasteiger partial charge is 0.470 e. The van der Waals surface area contributed by atoms with Crippen molar-refractivity contribution in [2.45, 2.75) is 19.4 Å². The van der Waals surface area contributed by atoms with Gasteiger partial charge in [0.1, 0.15) is 6.10 Å². The monoisotopic (exact) mass is 429 g/mol. The normalized spacial score (nSPS) is 19.9. The minimum Gasteiger partial charge on any atom is -0.470 e. The van der Waals surface area contributed by atoms with Crippen LogP contribution in [0.5, 0.6) is 5.88 Å². The van der Waals surface area contributed by atoms with Crippen LogP contribution in [0.2, 0.25) is 0 Å². The van der Waals surface area contributed by atoms with Gasteiger partial charge >= 0.3 is 0 Å². The average molecular weight is 430 g/mol. The third kappa shape index (κ3) is 3.69. The van der Waals surface area contributed by atoms with Gasteiger partial charge in [0.25, 0.3) is 0 Å². The highest BCUT2D eigenvalue weighted by atomic mass is 79.9. The molecule has 2 saturated heterocycles. The zero-order valence-corrected chi connectivity index (χ0v) is 16.6. The lowest BCUT2D eigenvalue weighted by molar-refractivity contribution is -0.144. The van der Waals surface area contributed by atoms with Crippen molar-refractivity contribution in [3.05, 3.63) is 52.6 Å². The highest BCUT2D eigenvalue weighted by Crippen LogP contribution is 2.29. The predicted molar refractivity (Wildman–Crippen MR) is 105 cm³/mol. The van der Waals surface area contributed by atoms with Gasteiger partial charge in [0.15, 0.2) is 0 Å². The molecule has 1 atom stereocenters. The van der Waals surface area contributed by atoms with Gasteiger partial charge in [-0.25, -0.2) is 4.98 Å². The molecule has 0 aliphatic carbocycles. The summed E-state index contributed by atoms with van der Waals surface area (Å²) >= 11 is 3.40. The Balaban J connectivity index is 1.33. The number of amides is 2. The molecular weight excluding hydrogens is 410 g/mol. The van der Waals surface area contributed by atoms with E-state index in [1.807, 2.05) is 43.3 Å². The molecule has 1 aromatic heterocycles. The van der Waals surface area contributed by atoms with Gasteiger partial charge in [0.05, 0.1) is 23.5 Å². The summed E-state index contributed by atoms with van der Waals surface area (Å²) in [6.07, 6.45) is 1.87. The molecule has 140 valence electrons. The Morgan fingerprint density at radius 3 is 2.63 bits per heavy atom. The van der Waals surface area contributed by atoms with E-state index in [1.165, 1.54) is 0 Å². The second-order valence-electron chi connectivity index (χ2n) is 7.01. The molecule has 0 N–H and O–H groups in total. The Bertz CT molecular complexity index is 865. The summed E-state index contributed by atoms with van der Waals surface area (Å²) in [5, 5.41) is 0. The van der Waals surface area contributed by atoms with Crippen molar-refractivity contribution in [3.8, 4) is 5.88 Å². The van der Waals surface area contributed by atoms with Crippen molar-refractivity contribution in [1.82, 2.24) is 9.88 Å². The van der Waals surface area contributed by atoms with Gasteiger partial charge < -0.3 is 14.5 Å². The molecule has 2 fully saturated rings. The molecule has 3 heterocycles. The zero-order valence-electron chi connectivity index (χ0n) is 15.0. The van der Waals surface area contributed by atoms with Crippen molar-refractivity contribution in [2.24, 2.45) is 5.92 Å². The molecule has 0 radical (unpaired) electrons. The second kappa shape index (κ2) is 7.31. The first kappa shape index (κ1) is 18.0. The van der Waals surface area contributed by atoms with Crippen LogP contribution in [-0.4, -0.2) is 47.4 Å². The smallest absolute Gasteiger partial charge is 0.228 e. The fraction of sp³-hybridized carbons (Fsp3) is 0.350. The van der Waals surface area contributed by atoms with E-state index < -0.39 is 0 Å². The maximum atomic E-state index is 12.7. The van der Waals surface area contributed by atoms with E-state index in [1.54, 1.807) is 16.0 Å². The van der Waals surface area contributed by atoms with Gasteiger partial charge in [-0.15, -0.1) is 0 Å². The first-order chi connectivity index (χ1) is 13.0. The molecule has 1 unspecified atom stereocenters. The number of benzene rings is 1. The number of carbonyl (C=O) groups is 2. The van der Waals surface area contributed by atoms with E-state index in [-0.39, 0.29) is 30.3 Å². The number of halogens is 1. The number of pyridine rings is 1. The van der Waals surface area contributed by atoms with Crippen LogP contribution in [0.3, 0.4) is 0 Å². The summed E-state index contributed by atoms with van der Waals surface area (Å²) in [6, 6.07) is 11.5. The van der Waals surface area contributed by atoms with Crippen LogP contribution in [0.1, 0.15) is 12.0 Å². The zero-order chi connectivity index (χ0) is 19.0. The van der Waals surface area contributed by atoms with Crippen molar-refractivity contribution in [3.63, 3.8) is 0 Å². The third-order valence-electron chi connectivity index (χ3n) is 4.98. The number of nitrogens with zero attached hydrogens (tertiary/aromatic N) is 3. The Morgan fingerprint density at radius 1 is 1.19 bits per heavy atom. The lowest BCUT2D eigenvalue weighted by Gasteiger charge is -2.40. The van der Waals surface area contributed by atoms with Crippen molar-refractivity contribution in [2.75, 3.05) is 24.5 Å². The molecule has 27 heavy (non-hydrogen) atoms. The summed E-state index contributed by atoms with van der Waals surface area (Å²) in [7, 11) is 0. The van der Waals surface area contributed by atoms with E-state index >= 15 is 0 Å². The molecule has 1 aromatic carbocycles. The van der Waals surface area contributed by atoms with Crippen LogP contribution in [0.15, 0.2) is 47.1 Å². The number of hydrogen-bond donors (Lipinski definition) is 0. The molecule has 6 nitrogen and oxygen atoms in total. The minimum absolute atomic E-state index is 0.00272. The summed E-state index contributed by atoms with van der Waals surface area (Å²) in [4.78, 5) is 32.8. The number of aromatic nitrogens is 1. The van der Waals surface area contributed by atoms with Crippen LogP contribution in [0, 0.1) is 12.8 Å². The van der Waals surface area contributed by atoms with Gasteiger partial charge in [-0.05, 0) is 47.1 Å². The first-order valence-corrected chi connectivity index (χ1v) is 9.73. The molecule has 4 rings (SSSR count). The van der Waals surface area contributed by atoms with E-state index in [9.17, 15) is 9.59 Å². The Kier molecular flexibility index (Phi) is 4.86. The highest BCUT2D eigenvalue weighted by Gasteiger charge is 2.41. The van der Waals surface area contributed by atoms with Crippen LogP contribution >= 0.6 is 15.9 Å². The van der Waals surface area contributed by atoms with Crippen molar-refractivity contribution in [1.29, 1.82) is 0 Å². The molecule has 0 saturated carbocycles. The summed E-state index contributed by atoms with van der Waals surface area (Å²) in [5.41, 5.74) is 2.00. The molecule has 0 spiro atoms. The van der Waals surface area contributed by atoms with Crippen LogP contribution in [0.4, 0.5) is 5.69 Å². The van der Waals surface area contributed by atoms with Gasteiger partial charge in [-0.1, -0.05) is 17.7 Å². The van der Waals surface area contributed by atoms with Crippen molar-refractivity contribution < 1.29 is 14.3 Å². The highest BCUT2D eigenvalue weighted by molar-refractivity contribution is 9.10. The molecule has 0 bridgehead atoms. The molecule has 2 aromatic rings. The summed E-state index contributed by atoms with van der Waals surface area (Å²) in [6.45, 7) is 3.50. The lowest BCUT2D eigenvalue weighted by Crippen LogP contribution is -2.57. The van der Waals surface area contributed by atoms with Gasteiger partial charge in [0, 0.05) is 24.8 Å². The third-order valence-corrected chi connectivity index (χ3v) is 5.59. The fourth-order valence-electron chi connectivity index (χ4n) is 3.41. The summed E-state index contributed by atoms with van der Waals surface area (Å²) in [5.74, 6) is 0.276. The lowest BCUT2D eigenvalue weighted by atomic mass is 10.0. The van der Waals surface area contributed by atoms with Crippen molar-refractivity contribution >= 4 is 33.4 Å². The topological polar surface area (TPSA) is 62.7 Å². The first-order valence-electron chi connectivity index (χ1n) is 8.94. The van der Waals surface area contributed by atoms with E-state index in [0.29, 0.717) is 25.5 Å². The standard InChI is InChI=1S/C20H20BrN3O3/c1-13-4-6-15(7-5-13)24-10-14(9-18(24)25)20(26)23-11-16(12-23)27-19-17(21)3-2-8-22-19/h2-8,14,16H,9-12H2,1H3. The maximum Gasteiger partial charge on any atom is 0.228 e. The Hall–Kier alpha value is -2.41. The molecule has 2 aliphatic rings. The second-order valence-corrected chi connectivity index (χ2v) is 7.87.